The summed E-state index contributed by atoms with van der Waals surface area (Å²) >= 11 is 3.51. The number of hydrogen-bond acceptors (Lipinski definition) is 3. The van der Waals surface area contributed by atoms with Crippen molar-refractivity contribution in [3.63, 3.8) is 0 Å². The minimum atomic E-state index is 0.0233. The number of amides is 1. The molecule has 4 nitrogen and oxygen atoms in total. The Bertz CT molecular complexity index is 466. The summed E-state index contributed by atoms with van der Waals surface area (Å²) in [7, 11) is 0. The van der Waals surface area contributed by atoms with Gasteiger partial charge in [-0.2, -0.15) is 0 Å². The molecule has 1 aliphatic heterocycles. The van der Waals surface area contributed by atoms with Crippen molar-refractivity contribution < 1.29 is 4.79 Å². The molecule has 0 radical (unpaired) electrons. The summed E-state index contributed by atoms with van der Waals surface area (Å²) in [5.41, 5.74) is 7.51. The Morgan fingerprint density at radius 3 is 3.00 bits per heavy atom. The van der Waals surface area contributed by atoms with Gasteiger partial charge in [-0.1, -0.05) is 35.0 Å². The maximum absolute atomic E-state index is 11.8. The first-order valence-electron chi connectivity index (χ1n) is 7.13. The van der Waals surface area contributed by atoms with E-state index in [1.165, 1.54) is 5.56 Å². The van der Waals surface area contributed by atoms with Crippen LogP contribution < -0.4 is 11.1 Å². The molecule has 0 aromatic heterocycles. The molecule has 0 saturated carbocycles. The second kappa shape index (κ2) is 7.20. The minimum Gasteiger partial charge on any atom is -0.355 e. The number of rotatable bonds is 4. The fourth-order valence-electron chi connectivity index (χ4n) is 2.71. The largest absolute Gasteiger partial charge is 0.355 e. The normalized spacial score (nSPS) is 20.1. The maximum Gasteiger partial charge on any atom is 0.234 e. The van der Waals surface area contributed by atoms with Gasteiger partial charge in [-0.05, 0) is 30.5 Å². The number of nitrogens with two attached hydrogens (primary N) is 1. The molecular weight excluding hydrogens is 318 g/mol. The van der Waals surface area contributed by atoms with Gasteiger partial charge in [-0.25, -0.2) is 0 Å². The van der Waals surface area contributed by atoms with E-state index in [4.69, 9.17) is 5.73 Å². The van der Waals surface area contributed by atoms with Gasteiger partial charge >= 0.3 is 0 Å². The summed E-state index contributed by atoms with van der Waals surface area (Å²) in [6.07, 6.45) is 1.85. The van der Waals surface area contributed by atoms with E-state index in [1.807, 2.05) is 12.1 Å². The van der Waals surface area contributed by atoms with E-state index in [1.54, 1.807) is 0 Å². The zero-order valence-corrected chi connectivity index (χ0v) is 13.4. The summed E-state index contributed by atoms with van der Waals surface area (Å²) in [5.74, 6) is 0.0887. The second-order valence-electron chi connectivity index (χ2n) is 5.25. The van der Waals surface area contributed by atoms with Crippen molar-refractivity contribution in [2.75, 3.05) is 19.6 Å². The predicted molar refractivity (Wildman–Crippen MR) is 84.3 cm³/mol. The van der Waals surface area contributed by atoms with Gasteiger partial charge in [0.25, 0.3) is 0 Å². The standard InChI is InChI=1S/C15H22BrN3O/c1-2-13(17)15(11-5-3-6-12(16)9-11)19-8-4-7-18-14(20)10-19/h3,5-6,9,13,15H,2,4,7-8,10,17H2,1H3,(H,18,20). The van der Waals surface area contributed by atoms with Gasteiger partial charge in [0.2, 0.25) is 5.91 Å². The van der Waals surface area contributed by atoms with Crippen LogP contribution in [-0.2, 0) is 4.79 Å². The van der Waals surface area contributed by atoms with Crippen LogP contribution >= 0.6 is 15.9 Å². The Kier molecular flexibility index (Phi) is 5.57. The van der Waals surface area contributed by atoms with Crippen LogP contribution in [0, 0.1) is 0 Å². The van der Waals surface area contributed by atoms with Gasteiger partial charge < -0.3 is 11.1 Å². The summed E-state index contributed by atoms with van der Waals surface area (Å²) in [6.45, 7) is 4.16. The minimum absolute atomic E-state index is 0.0233. The fraction of sp³-hybridized carbons (Fsp3) is 0.533. The average Bonchev–Trinajstić information content (AvgIpc) is 2.63. The third-order valence-electron chi connectivity index (χ3n) is 3.75. The first kappa shape index (κ1) is 15.5. The van der Waals surface area contributed by atoms with Crippen LogP contribution in [0.3, 0.4) is 0 Å². The van der Waals surface area contributed by atoms with Gasteiger partial charge in [0.1, 0.15) is 0 Å². The topological polar surface area (TPSA) is 58.4 Å². The number of carbonyl (C=O) groups excluding carboxylic acids is 1. The third kappa shape index (κ3) is 3.81. The molecule has 1 saturated heterocycles. The predicted octanol–water partition coefficient (Wildman–Crippen LogP) is 2.05. The summed E-state index contributed by atoms with van der Waals surface area (Å²) in [6, 6.07) is 8.33. The zero-order chi connectivity index (χ0) is 14.5. The number of carbonyl (C=O) groups is 1. The van der Waals surface area contributed by atoms with E-state index in [-0.39, 0.29) is 18.0 Å². The SMILES string of the molecule is CCC(N)C(c1cccc(Br)c1)N1CCCNC(=O)C1. The Morgan fingerprint density at radius 2 is 2.30 bits per heavy atom. The van der Waals surface area contributed by atoms with Gasteiger partial charge in [-0.3, -0.25) is 9.69 Å². The second-order valence-corrected chi connectivity index (χ2v) is 6.16. The lowest BCUT2D eigenvalue weighted by molar-refractivity contribution is -0.122. The number of benzene rings is 1. The highest BCUT2D eigenvalue weighted by Crippen LogP contribution is 2.27. The van der Waals surface area contributed by atoms with Gasteiger partial charge in [0, 0.05) is 23.6 Å². The third-order valence-corrected chi connectivity index (χ3v) is 4.24. The van der Waals surface area contributed by atoms with Crippen LogP contribution in [0.15, 0.2) is 28.7 Å². The monoisotopic (exact) mass is 339 g/mol. The first-order valence-corrected chi connectivity index (χ1v) is 7.93. The molecule has 3 N–H and O–H groups in total. The van der Waals surface area contributed by atoms with Crippen molar-refractivity contribution in [2.45, 2.75) is 31.8 Å². The van der Waals surface area contributed by atoms with Crippen LogP contribution in [0.5, 0.6) is 0 Å². The van der Waals surface area contributed by atoms with Crippen molar-refractivity contribution in [3.8, 4) is 0 Å². The molecular formula is C15H22BrN3O. The molecule has 110 valence electrons. The van der Waals surface area contributed by atoms with Crippen LogP contribution in [0.2, 0.25) is 0 Å². The lowest BCUT2D eigenvalue weighted by Gasteiger charge is -2.34. The summed E-state index contributed by atoms with van der Waals surface area (Å²) < 4.78 is 1.04. The highest BCUT2D eigenvalue weighted by Gasteiger charge is 2.28. The molecule has 5 heteroatoms. The van der Waals surface area contributed by atoms with Crippen molar-refractivity contribution in [2.24, 2.45) is 5.73 Å². The molecule has 1 aromatic rings. The van der Waals surface area contributed by atoms with E-state index in [0.717, 1.165) is 30.4 Å². The molecule has 1 fully saturated rings. The molecule has 0 spiro atoms. The summed E-state index contributed by atoms with van der Waals surface area (Å²) in [4.78, 5) is 14.0. The molecule has 2 rings (SSSR count). The van der Waals surface area contributed by atoms with Crippen LogP contribution in [0.1, 0.15) is 31.4 Å². The van der Waals surface area contributed by atoms with Gasteiger partial charge in [0.05, 0.1) is 12.6 Å². The number of halogens is 1. The van der Waals surface area contributed by atoms with Crippen LogP contribution in [0.4, 0.5) is 0 Å². The quantitative estimate of drug-likeness (QED) is 0.882. The maximum atomic E-state index is 11.8. The molecule has 0 bridgehead atoms. The molecule has 20 heavy (non-hydrogen) atoms. The first-order chi connectivity index (χ1) is 9.61. The van der Waals surface area contributed by atoms with E-state index >= 15 is 0 Å². The molecule has 2 atom stereocenters. The lowest BCUT2D eigenvalue weighted by atomic mass is 9.96. The summed E-state index contributed by atoms with van der Waals surface area (Å²) in [5, 5.41) is 2.92. The van der Waals surface area contributed by atoms with Gasteiger partial charge in [0.15, 0.2) is 0 Å². The average molecular weight is 340 g/mol. The fourth-order valence-corrected chi connectivity index (χ4v) is 3.13. The molecule has 0 aliphatic carbocycles. The Balaban J connectivity index is 2.29. The molecule has 1 aromatic carbocycles. The molecule has 2 unspecified atom stereocenters. The molecule has 1 heterocycles. The van der Waals surface area contributed by atoms with E-state index in [2.05, 4.69) is 45.2 Å². The Labute approximate surface area is 128 Å². The van der Waals surface area contributed by atoms with Crippen LogP contribution in [-0.4, -0.2) is 36.5 Å². The van der Waals surface area contributed by atoms with Crippen molar-refractivity contribution in [1.82, 2.24) is 10.2 Å². The van der Waals surface area contributed by atoms with E-state index < -0.39 is 0 Å². The van der Waals surface area contributed by atoms with Crippen molar-refractivity contribution in [1.29, 1.82) is 0 Å². The number of nitrogens with zero attached hydrogens (tertiary/aromatic N) is 1. The van der Waals surface area contributed by atoms with E-state index in [0.29, 0.717) is 6.54 Å². The smallest absolute Gasteiger partial charge is 0.234 e. The van der Waals surface area contributed by atoms with E-state index in [9.17, 15) is 4.79 Å². The van der Waals surface area contributed by atoms with Gasteiger partial charge in [-0.15, -0.1) is 0 Å². The highest BCUT2D eigenvalue weighted by atomic mass is 79.9. The van der Waals surface area contributed by atoms with Crippen molar-refractivity contribution in [3.05, 3.63) is 34.3 Å². The Hall–Kier alpha value is -0.910. The highest BCUT2D eigenvalue weighted by molar-refractivity contribution is 9.10. The number of nitrogens with one attached hydrogen (secondary N) is 1. The lowest BCUT2D eigenvalue weighted by Crippen LogP contribution is -2.43. The van der Waals surface area contributed by atoms with Crippen molar-refractivity contribution >= 4 is 21.8 Å². The number of hydrogen-bond donors (Lipinski definition) is 2. The van der Waals surface area contributed by atoms with Crippen LogP contribution in [0.25, 0.3) is 0 Å². The Morgan fingerprint density at radius 1 is 1.50 bits per heavy atom. The molecule has 1 amide bonds. The molecule has 1 aliphatic rings. The zero-order valence-electron chi connectivity index (χ0n) is 11.8.